The Morgan fingerprint density at radius 2 is 1.66 bits per heavy atom. The van der Waals surface area contributed by atoms with E-state index < -0.39 is 0 Å². The Hall–Kier alpha value is -2.99. The van der Waals surface area contributed by atoms with Gasteiger partial charge in [0.05, 0.1) is 19.0 Å². The summed E-state index contributed by atoms with van der Waals surface area (Å²) in [6.07, 6.45) is 2.45. The highest BCUT2D eigenvalue weighted by Gasteiger charge is 2.27. The Balaban J connectivity index is 1.83. The smallest absolute Gasteiger partial charge is 0.242 e. The summed E-state index contributed by atoms with van der Waals surface area (Å²) in [6.45, 7) is 7.54. The molecule has 186 valence electrons. The molecule has 2 aromatic carbocycles. The number of carbonyl (C=O) groups excluding carboxylic acids is 2. The van der Waals surface area contributed by atoms with Crippen LogP contribution in [0.2, 0.25) is 0 Å². The predicted molar refractivity (Wildman–Crippen MR) is 141 cm³/mol. The summed E-state index contributed by atoms with van der Waals surface area (Å²) < 4.78 is 13.4. The van der Waals surface area contributed by atoms with Crippen LogP contribution in [0.5, 0.6) is 0 Å². The lowest BCUT2D eigenvalue weighted by atomic mass is 9.95. The van der Waals surface area contributed by atoms with Gasteiger partial charge in [-0.2, -0.15) is 0 Å². The standard InChI is InChI=1S/C29H35FN2O2S/c1-4-6-17-31(29(34)26(5-2)24-10-8-7-9-11-24)21-28(33)32(20-27-22(3)16-18-35-27)19-23-12-14-25(30)15-13-23/h7-16,18,26H,4-6,17,19-21H2,1-3H3/t26-/m0/s1. The quantitative estimate of drug-likeness (QED) is 0.287. The van der Waals surface area contributed by atoms with Crippen molar-refractivity contribution in [2.45, 2.75) is 59.0 Å². The fourth-order valence-corrected chi connectivity index (χ4v) is 5.04. The minimum atomic E-state index is -0.302. The Labute approximate surface area is 212 Å². The molecule has 0 unspecified atom stereocenters. The number of hydrogen-bond acceptors (Lipinski definition) is 3. The van der Waals surface area contributed by atoms with E-state index >= 15 is 0 Å². The molecule has 0 N–H and O–H groups in total. The SMILES string of the molecule is CCCCN(CC(=O)N(Cc1ccc(F)cc1)Cc1sccc1C)C(=O)[C@@H](CC)c1ccccc1. The maximum Gasteiger partial charge on any atom is 0.242 e. The minimum absolute atomic E-state index is 0.00506. The van der Waals surface area contributed by atoms with Crippen LogP contribution in [0.3, 0.4) is 0 Å². The Kier molecular flexibility index (Phi) is 10.0. The van der Waals surface area contributed by atoms with Gasteiger partial charge < -0.3 is 9.80 Å². The number of unbranched alkanes of at least 4 members (excludes halogenated alkanes) is 1. The summed E-state index contributed by atoms with van der Waals surface area (Å²) >= 11 is 1.62. The molecule has 3 rings (SSSR count). The molecule has 0 aliphatic carbocycles. The molecule has 0 aliphatic rings. The van der Waals surface area contributed by atoms with Gasteiger partial charge in [-0.3, -0.25) is 9.59 Å². The summed E-state index contributed by atoms with van der Waals surface area (Å²) in [7, 11) is 0. The third-order valence-corrected chi connectivity index (χ3v) is 7.28. The van der Waals surface area contributed by atoms with Gasteiger partial charge >= 0.3 is 0 Å². The molecule has 0 aliphatic heterocycles. The van der Waals surface area contributed by atoms with Gasteiger partial charge in [0.15, 0.2) is 0 Å². The van der Waals surface area contributed by atoms with Gasteiger partial charge in [-0.1, -0.05) is 62.7 Å². The molecule has 0 spiro atoms. The molecule has 4 nitrogen and oxygen atoms in total. The number of nitrogens with zero attached hydrogens (tertiary/aromatic N) is 2. The molecule has 0 radical (unpaired) electrons. The van der Waals surface area contributed by atoms with Crippen LogP contribution < -0.4 is 0 Å². The van der Waals surface area contributed by atoms with Crippen LogP contribution in [0, 0.1) is 12.7 Å². The van der Waals surface area contributed by atoms with Crippen LogP contribution in [0.4, 0.5) is 4.39 Å². The molecular weight excluding hydrogens is 459 g/mol. The lowest BCUT2D eigenvalue weighted by Crippen LogP contribution is -2.44. The average molecular weight is 495 g/mol. The first kappa shape index (κ1) is 26.6. The van der Waals surface area contributed by atoms with E-state index in [1.807, 2.05) is 55.6 Å². The molecule has 2 amide bonds. The zero-order valence-electron chi connectivity index (χ0n) is 20.9. The largest absolute Gasteiger partial charge is 0.333 e. The molecule has 0 fully saturated rings. The van der Waals surface area contributed by atoms with Crippen LogP contribution in [0.1, 0.15) is 60.6 Å². The lowest BCUT2D eigenvalue weighted by molar-refractivity contribution is -0.142. The molecule has 6 heteroatoms. The molecule has 0 bridgehead atoms. The first-order valence-corrected chi connectivity index (χ1v) is 13.2. The number of halogens is 1. The highest BCUT2D eigenvalue weighted by atomic mass is 32.1. The average Bonchev–Trinajstić information content (AvgIpc) is 3.27. The fraction of sp³-hybridized carbons (Fsp3) is 0.379. The van der Waals surface area contributed by atoms with Crippen molar-refractivity contribution in [3.8, 4) is 0 Å². The molecule has 1 atom stereocenters. The van der Waals surface area contributed by atoms with Gasteiger partial charge in [0.1, 0.15) is 5.82 Å². The van der Waals surface area contributed by atoms with Gasteiger partial charge in [0, 0.05) is 18.0 Å². The molecule has 35 heavy (non-hydrogen) atoms. The number of aryl methyl sites for hydroxylation is 1. The highest BCUT2D eigenvalue weighted by Crippen LogP contribution is 2.24. The van der Waals surface area contributed by atoms with E-state index in [9.17, 15) is 14.0 Å². The maximum absolute atomic E-state index is 13.6. The Morgan fingerprint density at radius 1 is 0.943 bits per heavy atom. The molecule has 1 aromatic heterocycles. The number of benzene rings is 2. The van der Waals surface area contributed by atoms with Crippen LogP contribution >= 0.6 is 11.3 Å². The molecule has 0 saturated heterocycles. The van der Waals surface area contributed by atoms with Crippen molar-refractivity contribution < 1.29 is 14.0 Å². The topological polar surface area (TPSA) is 40.6 Å². The van der Waals surface area contributed by atoms with Crippen molar-refractivity contribution in [2.24, 2.45) is 0 Å². The van der Waals surface area contributed by atoms with E-state index in [0.717, 1.165) is 34.4 Å². The lowest BCUT2D eigenvalue weighted by Gasteiger charge is -2.30. The number of carbonyl (C=O) groups is 2. The van der Waals surface area contributed by atoms with Gasteiger partial charge in [-0.15, -0.1) is 11.3 Å². The minimum Gasteiger partial charge on any atom is -0.333 e. The molecule has 0 saturated carbocycles. The van der Waals surface area contributed by atoms with E-state index in [1.165, 1.54) is 12.1 Å². The van der Waals surface area contributed by atoms with Crippen molar-refractivity contribution in [3.63, 3.8) is 0 Å². The van der Waals surface area contributed by atoms with E-state index in [4.69, 9.17) is 0 Å². The first-order valence-electron chi connectivity index (χ1n) is 12.3. The number of hydrogen-bond donors (Lipinski definition) is 0. The summed E-state index contributed by atoms with van der Waals surface area (Å²) in [5.74, 6) is -0.682. The second-order valence-electron chi connectivity index (χ2n) is 8.89. The number of thiophene rings is 1. The van der Waals surface area contributed by atoms with Gasteiger partial charge in [0.2, 0.25) is 11.8 Å². The van der Waals surface area contributed by atoms with Gasteiger partial charge in [-0.25, -0.2) is 4.39 Å². The Bertz CT molecular complexity index is 1080. The second kappa shape index (κ2) is 13.2. The zero-order valence-corrected chi connectivity index (χ0v) is 21.7. The predicted octanol–water partition coefficient (Wildman–Crippen LogP) is 6.55. The highest BCUT2D eigenvalue weighted by molar-refractivity contribution is 7.10. The zero-order chi connectivity index (χ0) is 25.2. The van der Waals surface area contributed by atoms with Gasteiger partial charge in [-0.05, 0) is 60.0 Å². The molecule has 1 heterocycles. The van der Waals surface area contributed by atoms with Crippen LogP contribution in [0.15, 0.2) is 66.0 Å². The first-order chi connectivity index (χ1) is 16.9. The van der Waals surface area contributed by atoms with Crippen LogP contribution in [-0.4, -0.2) is 34.7 Å². The third-order valence-electron chi connectivity index (χ3n) is 6.27. The number of amides is 2. The van der Waals surface area contributed by atoms with E-state index in [1.54, 1.807) is 33.3 Å². The van der Waals surface area contributed by atoms with Crippen molar-refractivity contribution in [1.82, 2.24) is 9.80 Å². The normalized spacial score (nSPS) is 11.8. The summed E-state index contributed by atoms with van der Waals surface area (Å²) in [6, 6.07) is 18.1. The van der Waals surface area contributed by atoms with Crippen molar-refractivity contribution in [3.05, 3.63) is 93.4 Å². The van der Waals surface area contributed by atoms with Crippen molar-refractivity contribution in [2.75, 3.05) is 13.1 Å². The van der Waals surface area contributed by atoms with E-state index in [2.05, 4.69) is 6.92 Å². The van der Waals surface area contributed by atoms with E-state index in [-0.39, 0.29) is 30.1 Å². The Morgan fingerprint density at radius 3 is 2.26 bits per heavy atom. The monoisotopic (exact) mass is 494 g/mol. The summed E-state index contributed by atoms with van der Waals surface area (Å²) in [5.41, 5.74) is 2.98. The van der Waals surface area contributed by atoms with Crippen molar-refractivity contribution >= 4 is 23.2 Å². The molecular formula is C29H35FN2O2S. The van der Waals surface area contributed by atoms with Crippen molar-refractivity contribution in [1.29, 1.82) is 0 Å². The summed E-state index contributed by atoms with van der Waals surface area (Å²) in [5, 5.41) is 2.02. The van der Waals surface area contributed by atoms with Crippen LogP contribution in [-0.2, 0) is 22.7 Å². The second-order valence-corrected chi connectivity index (χ2v) is 9.89. The van der Waals surface area contributed by atoms with Gasteiger partial charge in [0.25, 0.3) is 0 Å². The third kappa shape index (κ3) is 7.49. The maximum atomic E-state index is 13.6. The fourth-order valence-electron chi connectivity index (χ4n) is 4.12. The van der Waals surface area contributed by atoms with E-state index in [0.29, 0.717) is 26.1 Å². The summed E-state index contributed by atoms with van der Waals surface area (Å²) in [4.78, 5) is 31.9. The molecule has 3 aromatic rings. The number of rotatable bonds is 12. The van der Waals surface area contributed by atoms with Crippen LogP contribution in [0.25, 0.3) is 0 Å².